The summed E-state index contributed by atoms with van der Waals surface area (Å²) in [5.41, 5.74) is -0.206. The van der Waals surface area contributed by atoms with Gasteiger partial charge in [-0.15, -0.1) is 0 Å². The maximum absolute atomic E-state index is 13.3. The lowest BCUT2D eigenvalue weighted by Gasteiger charge is -2.48. The van der Waals surface area contributed by atoms with Crippen LogP contribution in [0.25, 0.3) is 0 Å². The van der Waals surface area contributed by atoms with Crippen molar-refractivity contribution in [2.24, 2.45) is 5.41 Å². The zero-order valence-corrected chi connectivity index (χ0v) is 17.6. The van der Waals surface area contributed by atoms with Crippen LogP contribution in [0.2, 0.25) is 0 Å². The van der Waals surface area contributed by atoms with Crippen LogP contribution in [0.15, 0.2) is 24.3 Å². The lowest BCUT2D eigenvalue weighted by atomic mass is 9.62. The van der Waals surface area contributed by atoms with Crippen molar-refractivity contribution in [2.75, 3.05) is 19.9 Å². The molecule has 6 atom stereocenters. The molecule has 2 N–H and O–H groups in total. The summed E-state index contributed by atoms with van der Waals surface area (Å²) >= 11 is 2.22. The van der Waals surface area contributed by atoms with Crippen LogP contribution in [-0.4, -0.2) is 72.4 Å². The van der Waals surface area contributed by atoms with Crippen LogP contribution in [0.3, 0.4) is 0 Å². The highest BCUT2D eigenvalue weighted by atomic mass is 127. The van der Waals surface area contributed by atoms with Crippen LogP contribution in [0.4, 0.5) is 0 Å². The molecule has 3 aliphatic heterocycles. The van der Waals surface area contributed by atoms with Crippen molar-refractivity contribution < 1.29 is 33.7 Å². The first kappa shape index (κ1) is 19.6. The van der Waals surface area contributed by atoms with E-state index in [0.29, 0.717) is 13.0 Å². The highest BCUT2D eigenvalue weighted by Crippen LogP contribution is 2.55. The number of carbonyl (C=O) groups is 2. The molecule has 1 saturated carbocycles. The Labute approximate surface area is 180 Å². The zero-order valence-electron chi connectivity index (χ0n) is 15.5. The third-order valence-electron chi connectivity index (χ3n) is 6.12. The number of nitrogens with zero attached hydrogens (tertiary/aromatic N) is 1. The minimum atomic E-state index is -1.16. The molecule has 0 spiro atoms. The Balaban J connectivity index is 1.54. The first-order chi connectivity index (χ1) is 14.0. The fourth-order valence-corrected chi connectivity index (χ4v) is 5.59. The summed E-state index contributed by atoms with van der Waals surface area (Å²) < 4.78 is 18.1. The molecule has 3 saturated heterocycles. The second-order valence-corrected chi connectivity index (χ2v) is 8.96. The number of aliphatic hydroxyl groups excluding tert-OH is 1. The summed E-state index contributed by atoms with van der Waals surface area (Å²) in [6, 6.07) is 6.96. The number of fused-ring (bicyclic) bond motifs is 4. The standard InChI is InChI=1S/C19H21IN2O7/c20-11-3-1-2-10(6-11)8-22-15-17(24)28-12-7-19(15,18(25)21-4-5-23)16(29-22)14-13(12)26-9-27-14/h1-3,6,12-16,23H,4-5,7-9H2,(H,21,25). The van der Waals surface area contributed by atoms with E-state index in [1.54, 1.807) is 5.06 Å². The van der Waals surface area contributed by atoms with Gasteiger partial charge in [0.25, 0.3) is 0 Å². The molecule has 6 unspecified atom stereocenters. The molecule has 1 aromatic carbocycles. The van der Waals surface area contributed by atoms with Crippen LogP contribution < -0.4 is 5.32 Å². The Bertz CT molecular complexity index is 839. The maximum Gasteiger partial charge on any atom is 0.327 e. The van der Waals surface area contributed by atoms with Gasteiger partial charge in [0, 0.05) is 16.5 Å². The predicted octanol–water partition coefficient (Wildman–Crippen LogP) is -0.0589. The predicted molar refractivity (Wildman–Crippen MR) is 105 cm³/mol. The van der Waals surface area contributed by atoms with Gasteiger partial charge < -0.3 is 24.6 Å². The van der Waals surface area contributed by atoms with Gasteiger partial charge in [-0.1, -0.05) is 12.1 Å². The van der Waals surface area contributed by atoms with Crippen molar-refractivity contribution in [1.29, 1.82) is 0 Å². The van der Waals surface area contributed by atoms with Crippen molar-refractivity contribution >= 4 is 34.5 Å². The molecule has 1 aliphatic carbocycles. The average Bonchev–Trinajstić information content (AvgIpc) is 3.30. The molecular weight excluding hydrogens is 495 g/mol. The lowest BCUT2D eigenvalue weighted by Crippen LogP contribution is -2.69. The molecule has 156 valence electrons. The Hall–Kier alpha value is -1.31. The van der Waals surface area contributed by atoms with Crippen molar-refractivity contribution in [2.45, 2.75) is 43.4 Å². The highest BCUT2D eigenvalue weighted by molar-refractivity contribution is 14.1. The summed E-state index contributed by atoms with van der Waals surface area (Å²) in [6.45, 7) is 0.302. The number of aliphatic hydroxyl groups is 1. The van der Waals surface area contributed by atoms with Crippen LogP contribution in [0.1, 0.15) is 12.0 Å². The lowest BCUT2D eigenvalue weighted by molar-refractivity contribution is -0.201. The van der Waals surface area contributed by atoms with E-state index in [2.05, 4.69) is 27.9 Å². The second kappa shape index (κ2) is 7.43. The number of ether oxygens (including phenoxy) is 3. The first-order valence-electron chi connectivity index (χ1n) is 9.55. The van der Waals surface area contributed by atoms with E-state index in [1.165, 1.54) is 0 Å². The number of amides is 1. The number of benzene rings is 1. The monoisotopic (exact) mass is 516 g/mol. The van der Waals surface area contributed by atoms with Gasteiger partial charge in [-0.05, 0) is 40.3 Å². The third kappa shape index (κ3) is 3.00. The Kier molecular flexibility index (Phi) is 5.03. The minimum Gasteiger partial charge on any atom is -0.458 e. The topological polar surface area (TPSA) is 107 Å². The molecule has 29 heavy (non-hydrogen) atoms. The van der Waals surface area contributed by atoms with Gasteiger partial charge >= 0.3 is 5.97 Å². The van der Waals surface area contributed by atoms with Crippen LogP contribution in [0.5, 0.6) is 0 Å². The average molecular weight is 516 g/mol. The molecule has 4 aliphatic rings. The van der Waals surface area contributed by atoms with Crippen molar-refractivity contribution in [3.05, 3.63) is 33.4 Å². The smallest absolute Gasteiger partial charge is 0.327 e. The Morgan fingerprint density at radius 1 is 1.34 bits per heavy atom. The molecule has 0 radical (unpaired) electrons. The number of nitrogens with one attached hydrogen (secondary N) is 1. The fraction of sp³-hybridized carbons (Fsp3) is 0.579. The summed E-state index contributed by atoms with van der Waals surface area (Å²) in [7, 11) is 0. The van der Waals surface area contributed by atoms with Gasteiger partial charge in [0.15, 0.2) is 6.04 Å². The van der Waals surface area contributed by atoms with E-state index in [0.717, 1.165) is 9.13 Å². The number of hydroxylamine groups is 2. The Morgan fingerprint density at radius 3 is 2.97 bits per heavy atom. The molecule has 2 bridgehead atoms. The van der Waals surface area contributed by atoms with Gasteiger partial charge in [0.1, 0.15) is 36.6 Å². The molecule has 3 heterocycles. The van der Waals surface area contributed by atoms with Gasteiger partial charge in [0.05, 0.1) is 13.2 Å². The van der Waals surface area contributed by atoms with Gasteiger partial charge in [-0.3, -0.25) is 14.4 Å². The number of hydrogen-bond acceptors (Lipinski definition) is 8. The van der Waals surface area contributed by atoms with E-state index in [1.807, 2.05) is 24.3 Å². The summed E-state index contributed by atoms with van der Waals surface area (Å²) in [4.78, 5) is 32.6. The molecule has 1 amide bonds. The second-order valence-electron chi connectivity index (χ2n) is 7.71. The molecule has 4 fully saturated rings. The zero-order chi connectivity index (χ0) is 20.2. The summed E-state index contributed by atoms with van der Waals surface area (Å²) in [6.07, 6.45) is -1.92. The normalized spacial score (nSPS) is 37.9. The number of esters is 1. The van der Waals surface area contributed by atoms with Gasteiger partial charge in [0.2, 0.25) is 5.91 Å². The molecule has 9 nitrogen and oxygen atoms in total. The maximum atomic E-state index is 13.3. The number of carbonyl (C=O) groups excluding carboxylic acids is 2. The molecule has 1 aromatic rings. The van der Waals surface area contributed by atoms with Crippen LogP contribution >= 0.6 is 22.6 Å². The molecule has 10 heteroatoms. The number of rotatable bonds is 5. The van der Waals surface area contributed by atoms with E-state index in [4.69, 9.17) is 24.2 Å². The van der Waals surface area contributed by atoms with E-state index < -0.39 is 41.8 Å². The summed E-state index contributed by atoms with van der Waals surface area (Å²) in [5.74, 6) is -0.829. The van der Waals surface area contributed by atoms with Gasteiger partial charge in [-0.25, -0.2) is 0 Å². The van der Waals surface area contributed by atoms with Crippen molar-refractivity contribution in [1.82, 2.24) is 10.4 Å². The SMILES string of the molecule is O=C1OC2CC3(C(=O)NCCO)C(ON(Cc4cccc(I)c4)C13)C1OCOC21. The third-order valence-corrected chi connectivity index (χ3v) is 6.79. The van der Waals surface area contributed by atoms with E-state index in [-0.39, 0.29) is 25.9 Å². The molecule has 0 aromatic heterocycles. The number of halogens is 1. The highest BCUT2D eigenvalue weighted by Gasteiger charge is 2.74. The largest absolute Gasteiger partial charge is 0.458 e. The fourth-order valence-electron chi connectivity index (χ4n) is 4.98. The molecular formula is C19H21IN2O7. The van der Waals surface area contributed by atoms with E-state index >= 15 is 0 Å². The minimum absolute atomic E-state index is 0.0686. The van der Waals surface area contributed by atoms with Gasteiger partial charge in [-0.2, -0.15) is 5.06 Å². The Morgan fingerprint density at radius 2 is 2.17 bits per heavy atom. The first-order valence-corrected chi connectivity index (χ1v) is 10.6. The number of hydrogen-bond donors (Lipinski definition) is 2. The quantitative estimate of drug-likeness (QED) is 0.415. The van der Waals surface area contributed by atoms with Crippen molar-refractivity contribution in [3.63, 3.8) is 0 Å². The van der Waals surface area contributed by atoms with Crippen LogP contribution in [0, 0.1) is 8.99 Å². The van der Waals surface area contributed by atoms with Crippen LogP contribution in [-0.2, 0) is 35.2 Å². The summed E-state index contributed by atoms with van der Waals surface area (Å²) in [5, 5.41) is 13.5. The van der Waals surface area contributed by atoms with E-state index in [9.17, 15) is 9.59 Å². The molecule has 5 rings (SSSR count). The van der Waals surface area contributed by atoms with Crippen molar-refractivity contribution in [3.8, 4) is 0 Å².